The highest BCUT2D eigenvalue weighted by Crippen LogP contribution is 2.27. The second-order valence-corrected chi connectivity index (χ2v) is 6.50. The van der Waals surface area contributed by atoms with E-state index >= 15 is 0 Å². The highest BCUT2D eigenvalue weighted by molar-refractivity contribution is 9.10. The number of hydrogen-bond donors (Lipinski definition) is 2. The Morgan fingerprint density at radius 3 is 2.58 bits per heavy atom. The molecule has 0 aliphatic heterocycles. The Balaban J connectivity index is 2.06. The number of amides is 1. The van der Waals surface area contributed by atoms with Gasteiger partial charge in [0, 0.05) is 22.3 Å². The first-order valence-corrected chi connectivity index (χ1v) is 8.22. The van der Waals surface area contributed by atoms with E-state index in [9.17, 15) is 14.9 Å². The van der Waals surface area contributed by atoms with Crippen molar-refractivity contribution in [1.82, 2.24) is 0 Å². The molecule has 0 heterocycles. The molecule has 1 amide bonds. The lowest BCUT2D eigenvalue weighted by Gasteiger charge is -2.16. The monoisotopic (exact) mass is 411 g/mol. The lowest BCUT2D eigenvalue weighted by atomic mass is 10.2. The average molecular weight is 413 g/mol. The van der Waals surface area contributed by atoms with Crippen LogP contribution in [-0.4, -0.2) is 16.9 Å². The topological polar surface area (TPSA) is 84.3 Å². The van der Waals surface area contributed by atoms with Crippen molar-refractivity contribution in [3.05, 3.63) is 61.6 Å². The average Bonchev–Trinajstić information content (AvgIpc) is 2.52. The maximum atomic E-state index is 12.3. The zero-order chi connectivity index (χ0) is 17.9. The minimum absolute atomic E-state index is 0.115. The molecule has 0 aliphatic carbocycles. The standard InChI is InChI=1S/C16H15BrClN3O3/c1-9-7-11(3-5-13(9)17)19-10(2)16(22)20-15-6-4-12(21(23)24)8-14(15)18/h3-8,10,19H,1-2H3,(H,20,22)/t10-/m0/s1. The maximum absolute atomic E-state index is 12.3. The second-order valence-electron chi connectivity index (χ2n) is 5.24. The predicted octanol–water partition coefficient (Wildman–Crippen LogP) is 4.76. The van der Waals surface area contributed by atoms with Crippen molar-refractivity contribution in [2.75, 3.05) is 10.6 Å². The number of non-ortho nitro benzene ring substituents is 1. The van der Waals surface area contributed by atoms with Crippen LogP contribution in [0.1, 0.15) is 12.5 Å². The molecule has 2 N–H and O–H groups in total. The summed E-state index contributed by atoms with van der Waals surface area (Å²) < 4.78 is 0.989. The van der Waals surface area contributed by atoms with Crippen molar-refractivity contribution in [3.8, 4) is 0 Å². The quantitative estimate of drug-likeness (QED) is 0.548. The molecule has 126 valence electrons. The minimum atomic E-state index is -0.544. The summed E-state index contributed by atoms with van der Waals surface area (Å²) >= 11 is 9.40. The summed E-state index contributed by atoms with van der Waals surface area (Å²) in [5.41, 5.74) is 2.06. The zero-order valence-corrected chi connectivity index (χ0v) is 15.3. The van der Waals surface area contributed by atoms with E-state index in [1.54, 1.807) is 6.92 Å². The summed E-state index contributed by atoms with van der Waals surface area (Å²) in [5, 5.41) is 16.6. The third-order valence-electron chi connectivity index (χ3n) is 3.36. The molecule has 0 bridgehead atoms. The van der Waals surface area contributed by atoms with Gasteiger partial charge in [-0.3, -0.25) is 14.9 Å². The lowest BCUT2D eigenvalue weighted by molar-refractivity contribution is -0.384. The molecule has 0 saturated carbocycles. The van der Waals surface area contributed by atoms with Crippen LogP contribution in [-0.2, 0) is 4.79 Å². The van der Waals surface area contributed by atoms with Crippen LogP contribution in [0.25, 0.3) is 0 Å². The highest BCUT2D eigenvalue weighted by atomic mass is 79.9. The van der Waals surface area contributed by atoms with Gasteiger partial charge in [0.1, 0.15) is 6.04 Å². The van der Waals surface area contributed by atoms with Crippen LogP contribution in [0.2, 0.25) is 5.02 Å². The third kappa shape index (κ3) is 4.46. The molecule has 0 saturated heterocycles. The van der Waals surface area contributed by atoms with Gasteiger partial charge in [-0.05, 0) is 43.7 Å². The summed E-state index contributed by atoms with van der Waals surface area (Å²) in [5.74, 6) is -0.300. The number of nitrogens with one attached hydrogen (secondary N) is 2. The summed E-state index contributed by atoms with van der Waals surface area (Å²) in [7, 11) is 0. The number of nitro benzene ring substituents is 1. The first kappa shape index (κ1) is 18.2. The number of nitrogens with zero attached hydrogens (tertiary/aromatic N) is 1. The molecular weight excluding hydrogens is 398 g/mol. The number of hydrogen-bond acceptors (Lipinski definition) is 4. The molecular formula is C16H15BrClN3O3. The van der Waals surface area contributed by atoms with Gasteiger partial charge in [0.25, 0.3) is 5.69 Å². The van der Waals surface area contributed by atoms with Gasteiger partial charge in [0.15, 0.2) is 0 Å². The van der Waals surface area contributed by atoms with Crippen LogP contribution in [0.5, 0.6) is 0 Å². The number of aryl methyl sites for hydroxylation is 1. The van der Waals surface area contributed by atoms with Gasteiger partial charge >= 0.3 is 0 Å². The molecule has 0 fully saturated rings. The first-order valence-electron chi connectivity index (χ1n) is 7.05. The Labute approximate surface area is 152 Å². The number of carbonyl (C=O) groups is 1. The highest BCUT2D eigenvalue weighted by Gasteiger charge is 2.16. The fourth-order valence-corrected chi connectivity index (χ4v) is 2.48. The van der Waals surface area contributed by atoms with Crippen LogP contribution in [0.15, 0.2) is 40.9 Å². The SMILES string of the molecule is Cc1cc(N[C@@H](C)C(=O)Nc2ccc([N+](=O)[O-])cc2Cl)ccc1Br. The largest absolute Gasteiger partial charge is 0.374 e. The predicted molar refractivity (Wildman–Crippen MR) is 98.7 cm³/mol. The first-order chi connectivity index (χ1) is 11.3. The number of rotatable bonds is 5. The van der Waals surface area contributed by atoms with Crippen LogP contribution in [0, 0.1) is 17.0 Å². The minimum Gasteiger partial charge on any atom is -0.374 e. The number of anilines is 2. The normalized spacial score (nSPS) is 11.7. The van der Waals surface area contributed by atoms with Crippen molar-refractivity contribution < 1.29 is 9.72 Å². The molecule has 0 aromatic heterocycles. The summed E-state index contributed by atoms with van der Waals surface area (Å²) in [6.07, 6.45) is 0. The fourth-order valence-electron chi connectivity index (χ4n) is 2.01. The van der Waals surface area contributed by atoms with Crippen LogP contribution in [0.3, 0.4) is 0 Å². The van der Waals surface area contributed by atoms with Crippen LogP contribution < -0.4 is 10.6 Å². The maximum Gasteiger partial charge on any atom is 0.271 e. The molecule has 2 aromatic carbocycles. The Kier molecular flexibility index (Phi) is 5.80. The number of nitro groups is 1. The van der Waals surface area contributed by atoms with E-state index in [4.69, 9.17) is 11.6 Å². The summed E-state index contributed by atoms with van der Waals surface area (Å²) in [6, 6.07) is 9.07. The van der Waals surface area contributed by atoms with Crippen molar-refractivity contribution in [2.45, 2.75) is 19.9 Å². The van der Waals surface area contributed by atoms with Crippen LogP contribution >= 0.6 is 27.5 Å². The molecule has 0 spiro atoms. The molecule has 8 heteroatoms. The molecule has 1 atom stereocenters. The van der Waals surface area contributed by atoms with Crippen LogP contribution in [0.4, 0.5) is 17.1 Å². The van der Waals surface area contributed by atoms with E-state index in [0.29, 0.717) is 5.69 Å². The Bertz CT molecular complexity index is 798. The molecule has 2 rings (SSSR count). The molecule has 6 nitrogen and oxygen atoms in total. The molecule has 2 aromatic rings. The van der Waals surface area contributed by atoms with Gasteiger partial charge in [0.2, 0.25) is 5.91 Å². The van der Waals surface area contributed by atoms with E-state index in [-0.39, 0.29) is 16.6 Å². The van der Waals surface area contributed by atoms with E-state index in [1.807, 2.05) is 25.1 Å². The Hall–Kier alpha value is -2.12. The number of carbonyl (C=O) groups excluding carboxylic acids is 1. The lowest BCUT2D eigenvalue weighted by Crippen LogP contribution is -2.32. The Morgan fingerprint density at radius 1 is 1.29 bits per heavy atom. The van der Waals surface area contributed by atoms with E-state index in [0.717, 1.165) is 15.7 Å². The number of halogens is 2. The van der Waals surface area contributed by atoms with E-state index < -0.39 is 11.0 Å². The van der Waals surface area contributed by atoms with Gasteiger partial charge in [0.05, 0.1) is 15.6 Å². The Morgan fingerprint density at radius 2 is 2.00 bits per heavy atom. The van der Waals surface area contributed by atoms with Gasteiger partial charge in [-0.15, -0.1) is 0 Å². The summed E-state index contributed by atoms with van der Waals surface area (Å²) in [6.45, 7) is 3.67. The van der Waals surface area contributed by atoms with E-state index in [2.05, 4.69) is 26.6 Å². The van der Waals surface area contributed by atoms with Crippen molar-refractivity contribution in [3.63, 3.8) is 0 Å². The van der Waals surface area contributed by atoms with Gasteiger partial charge in [-0.25, -0.2) is 0 Å². The van der Waals surface area contributed by atoms with Gasteiger partial charge in [-0.1, -0.05) is 27.5 Å². The smallest absolute Gasteiger partial charge is 0.271 e. The molecule has 0 aliphatic rings. The molecule has 0 unspecified atom stereocenters. The van der Waals surface area contributed by atoms with E-state index in [1.165, 1.54) is 18.2 Å². The zero-order valence-electron chi connectivity index (χ0n) is 13.0. The van der Waals surface area contributed by atoms with Crippen molar-refractivity contribution in [2.24, 2.45) is 0 Å². The number of benzene rings is 2. The third-order valence-corrected chi connectivity index (χ3v) is 4.56. The summed E-state index contributed by atoms with van der Waals surface area (Å²) in [4.78, 5) is 22.4. The molecule has 24 heavy (non-hydrogen) atoms. The van der Waals surface area contributed by atoms with Gasteiger partial charge < -0.3 is 10.6 Å². The van der Waals surface area contributed by atoms with Gasteiger partial charge in [-0.2, -0.15) is 0 Å². The van der Waals surface area contributed by atoms with Crippen molar-refractivity contribution >= 4 is 50.5 Å². The molecule has 0 radical (unpaired) electrons. The fraction of sp³-hybridized carbons (Fsp3) is 0.188. The second kappa shape index (κ2) is 7.63. The van der Waals surface area contributed by atoms with Crippen molar-refractivity contribution in [1.29, 1.82) is 0 Å².